The molecule has 0 atom stereocenters. The highest BCUT2D eigenvalue weighted by Gasteiger charge is 2.26. The molecule has 1 amide bonds. The van der Waals surface area contributed by atoms with Gasteiger partial charge in [0, 0.05) is 63.0 Å². The van der Waals surface area contributed by atoms with Gasteiger partial charge in [0.25, 0.3) is 0 Å². The number of hydrogen-bond donors (Lipinski definition) is 0. The number of rotatable bonds is 6. The Balaban J connectivity index is 1.32. The average molecular weight is 364 g/mol. The summed E-state index contributed by atoms with van der Waals surface area (Å²) in [6, 6.07) is 7.84. The van der Waals surface area contributed by atoms with Crippen molar-refractivity contribution in [3.05, 3.63) is 66.8 Å². The van der Waals surface area contributed by atoms with E-state index in [1.54, 1.807) is 10.9 Å². The fourth-order valence-electron chi connectivity index (χ4n) is 3.67. The fraction of sp³-hybridized carbons (Fsp3) is 0.400. The first-order valence-corrected chi connectivity index (χ1v) is 9.46. The first kappa shape index (κ1) is 17.5. The van der Waals surface area contributed by atoms with Gasteiger partial charge in [-0.25, -0.2) is 4.98 Å². The first-order chi connectivity index (χ1) is 13.3. The molecule has 7 heteroatoms. The van der Waals surface area contributed by atoms with Crippen LogP contribution in [0, 0.1) is 0 Å². The summed E-state index contributed by atoms with van der Waals surface area (Å²) in [5.74, 6) is 1.70. The number of hydrogen-bond acceptors (Lipinski definition) is 4. The van der Waals surface area contributed by atoms with Crippen molar-refractivity contribution < 1.29 is 4.79 Å². The molecular formula is C20H24N6O. The van der Waals surface area contributed by atoms with Gasteiger partial charge in [-0.3, -0.25) is 14.5 Å². The number of carbonyl (C=O) groups is 1. The Hall–Kier alpha value is -2.96. The molecule has 1 saturated heterocycles. The minimum atomic E-state index is 0.209. The molecule has 0 radical (unpaired) electrons. The van der Waals surface area contributed by atoms with Gasteiger partial charge in [0.05, 0.1) is 12.2 Å². The molecule has 1 fully saturated rings. The van der Waals surface area contributed by atoms with Crippen molar-refractivity contribution in [2.24, 2.45) is 0 Å². The van der Waals surface area contributed by atoms with E-state index < -0.39 is 0 Å². The van der Waals surface area contributed by atoms with Crippen LogP contribution in [0.3, 0.4) is 0 Å². The first-order valence-electron chi connectivity index (χ1n) is 9.46. The van der Waals surface area contributed by atoms with E-state index in [1.165, 1.54) is 0 Å². The van der Waals surface area contributed by atoms with Crippen molar-refractivity contribution in [2.75, 3.05) is 13.1 Å². The lowest BCUT2D eigenvalue weighted by Crippen LogP contribution is -2.38. The van der Waals surface area contributed by atoms with Crippen LogP contribution >= 0.6 is 0 Å². The molecule has 27 heavy (non-hydrogen) atoms. The Kier molecular flexibility index (Phi) is 5.27. The fourth-order valence-corrected chi connectivity index (χ4v) is 3.67. The predicted molar refractivity (Wildman–Crippen MR) is 101 cm³/mol. The lowest BCUT2D eigenvalue weighted by atomic mass is 9.95. The highest BCUT2D eigenvalue weighted by Crippen LogP contribution is 2.27. The van der Waals surface area contributed by atoms with E-state index in [1.807, 2.05) is 54.0 Å². The van der Waals surface area contributed by atoms with Crippen LogP contribution in [0.2, 0.25) is 0 Å². The van der Waals surface area contributed by atoms with Crippen molar-refractivity contribution >= 4 is 5.91 Å². The second-order valence-electron chi connectivity index (χ2n) is 6.91. The predicted octanol–water partition coefficient (Wildman–Crippen LogP) is 2.32. The van der Waals surface area contributed by atoms with Crippen LogP contribution < -0.4 is 0 Å². The molecule has 140 valence electrons. The molecule has 1 aliphatic heterocycles. The molecule has 3 aromatic heterocycles. The number of amides is 1. The maximum atomic E-state index is 12.5. The van der Waals surface area contributed by atoms with E-state index >= 15 is 0 Å². The van der Waals surface area contributed by atoms with Crippen LogP contribution in [-0.4, -0.2) is 48.2 Å². The lowest BCUT2D eigenvalue weighted by Gasteiger charge is -2.32. The largest absolute Gasteiger partial charge is 0.343 e. The zero-order valence-corrected chi connectivity index (χ0v) is 15.3. The number of piperidine rings is 1. The topological polar surface area (TPSA) is 68.8 Å². The van der Waals surface area contributed by atoms with E-state index in [2.05, 4.69) is 19.6 Å². The zero-order chi connectivity index (χ0) is 18.5. The molecule has 4 rings (SSSR count). The zero-order valence-electron chi connectivity index (χ0n) is 15.3. The molecule has 0 aliphatic carbocycles. The summed E-state index contributed by atoms with van der Waals surface area (Å²) in [6.45, 7) is 2.96. The molecule has 0 saturated carbocycles. The van der Waals surface area contributed by atoms with E-state index in [4.69, 9.17) is 0 Å². The smallest absolute Gasteiger partial charge is 0.224 e. The Bertz CT molecular complexity index is 850. The number of likely N-dealkylation sites (tertiary alicyclic amines) is 1. The summed E-state index contributed by atoms with van der Waals surface area (Å²) >= 11 is 0. The average Bonchev–Trinajstić information content (AvgIpc) is 3.39. The summed E-state index contributed by atoms with van der Waals surface area (Å²) in [7, 11) is 0. The third-order valence-corrected chi connectivity index (χ3v) is 5.13. The third kappa shape index (κ3) is 4.24. The third-order valence-electron chi connectivity index (χ3n) is 5.13. The second kappa shape index (κ2) is 8.16. The van der Waals surface area contributed by atoms with Crippen LogP contribution in [0.4, 0.5) is 0 Å². The van der Waals surface area contributed by atoms with Crippen molar-refractivity contribution in [3.63, 3.8) is 0 Å². The maximum Gasteiger partial charge on any atom is 0.224 e. The van der Waals surface area contributed by atoms with Gasteiger partial charge in [-0.05, 0) is 31.0 Å². The van der Waals surface area contributed by atoms with Crippen molar-refractivity contribution in [3.8, 4) is 0 Å². The van der Waals surface area contributed by atoms with Gasteiger partial charge < -0.3 is 9.47 Å². The van der Waals surface area contributed by atoms with E-state index in [0.717, 1.165) is 44.0 Å². The molecule has 0 N–H and O–H groups in total. The molecule has 0 aromatic carbocycles. The van der Waals surface area contributed by atoms with Crippen LogP contribution in [0.25, 0.3) is 0 Å². The summed E-state index contributed by atoms with van der Waals surface area (Å²) in [5, 5.41) is 4.15. The summed E-state index contributed by atoms with van der Waals surface area (Å²) < 4.78 is 3.99. The SMILES string of the molecule is O=C(CCn1cccn1)N1CCC(c2nccn2Cc2ccccn2)CC1. The molecule has 3 aromatic rings. The standard InChI is InChI=1S/C20H24N6O/c27-19(7-14-26-11-3-9-23-26)24-12-5-17(6-13-24)20-22-10-15-25(20)16-18-4-1-2-8-21-18/h1-4,8-11,15,17H,5-7,12-14,16H2. The van der Waals surface area contributed by atoms with Crippen molar-refractivity contribution in [2.45, 2.75) is 38.3 Å². The van der Waals surface area contributed by atoms with Crippen LogP contribution in [-0.2, 0) is 17.9 Å². The normalized spacial score (nSPS) is 15.2. The maximum absolute atomic E-state index is 12.5. The highest BCUT2D eigenvalue weighted by atomic mass is 16.2. The van der Waals surface area contributed by atoms with Crippen molar-refractivity contribution in [1.29, 1.82) is 0 Å². The Morgan fingerprint density at radius 1 is 1.04 bits per heavy atom. The van der Waals surface area contributed by atoms with Crippen LogP contribution in [0.5, 0.6) is 0 Å². The number of carbonyl (C=O) groups excluding carboxylic acids is 1. The van der Waals surface area contributed by atoms with Gasteiger partial charge in [-0.15, -0.1) is 0 Å². The Labute approximate surface area is 158 Å². The molecule has 0 spiro atoms. The molecular weight excluding hydrogens is 340 g/mol. The van der Waals surface area contributed by atoms with E-state index in [0.29, 0.717) is 18.9 Å². The summed E-state index contributed by atoms with van der Waals surface area (Å²) in [6.07, 6.45) is 11.7. The molecule has 1 aliphatic rings. The second-order valence-corrected chi connectivity index (χ2v) is 6.91. The van der Waals surface area contributed by atoms with Gasteiger partial charge in [0.1, 0.15) is 5.82 Å². The quantitative estimate of drug-likeness (QED) is 0.673. The van der Waals surface area contributed by atoms with Crippen molar-refractivity contribution in [1.82, 2.24) is 29.2 Å². The van der Waals surface area contributed by atoms with Gasteiger partial charge >= 0.3 is 0 Å². The van der Waals surface area contributed by atoms with Gasteiger partial charge in [0.2, 0.25) is 5.91 Å². The van der Waals surface area contributed by atoms with E-state index in [-0.39, 0.29) is 5.91 Å². The molecule has 7 nitrogen and oxygen atoms in total. The summed E-state index contributed by atoms with van der Waals surface area (Å²) in [5.41, 5.74) is 1.03. The van der Waals surface area contributed by atoms with E-state index in [9.17, 15) is 4.79 Å². The number of pyridine rings is 1. The number of aryl methyl sites for hydroxylation is 1. The Morgan fingerprint density at radius 2 is 1.93 bits per heavy atom. The Morgan fingerprint density at radius 3 is 2.67 bits per heavy atom. The lowest BCUT2D eigenvalue weighted by molar-refractivity contribution is -0.132. The molecule has 4 heterocycles. The van der Waals surface area contributed by atoms with Gasteiger partial charge in [-0.2, -0.15) is 5.10 Å². The number of nitrogens with zero attached hydrogens (tertiary/aromatic N) is 6. The summed E-state index contributed by atoms with van der Waals surface area (Å²) in [4.78, 5) is 23.4. The molecule has 0 bridgehead atoms. The molecule has 0 unspecified atom stereocenters. The number of aromatic nitrogens is 5. The van der Waals surface area contributed by atoms with Crippen LogP contribution in [0.1, 0.15) is 36.7 Å². The minimum absolute atomic E-state index is 0.209. The van der Waals surface area contributed by atoms with Gasteiger partial charge in [-0.1, -0.05) is 6.07 Å². The number of imidazole rings is 1. The minimum Gasteiger partial charge on any atom is -0.343 e. The monoisotopic (exact) mass is 364 g/mol. The van der Waals surface area contributed by atoms with Gasteiger partial charge in [0.15, 0.2) is 0 Å². The highest BCUT2D eigenvalue weighted by molar-refractivity contribution is 5.76. The van der Waals surface area contributed by atoms with Crippen LogP contribution in [0.15, 0.2) is 55.2 Å².